The average Bonchev–Trinajstić information content (AvgIpc) is 3.28. The van der Waals surface area contributed by atoms with Crippen LogP contribution in [0.25, 0.3) is 0 Å². The summed E-state index contributed by atoms with van der Waals surface area (Å²) < 4.78 is 40.7. The van der Waals surface area contributed by atoms with E-state index in [0.29, 0.717) is 6.54 Å². The van der Waals surface area contributed by atoms with Gasteiger partial charge < -0.3 is 5.32 Å². The fourth-order valence-electron chi connectivity index (χ4n) is 2.18. The second-order valence-corrected chi connectivity index (χ2v) is 7.00. The Labute approximate surface area is 125 Å². The molecule has 0 spiro atoms. The van der Waals surface area contributed by atoms with Gasteiger partial charge in [0.25, 0.3) is 0 Å². The largest absolute Gasteiger partial charge is 0.313 e. The van der Waals surface area contributed by atoms with Gasteiger partial charge in [-0.25, -0.2) is 12.8 Å². The van der Waals surface area contributed by atoms with Crippen LogP contribution >= 0.6 is 0 Å². The summed E-state index contributed by atoms with van der Waals surface area (Å²) in [5, 5.41) is 3.11. The third-order valence-electron chi connectivity index (χ3n) is 3.42. The Morgan fingerprint density at radius 2 is 2.19 bits per heavy atom. The number of nitrogens with zero attached hydrogens (tertiary/aromatic N) is 1. The van der Waals surface area contributed by atoms with E-state index in [1.165, 1.54) is 22.5 Å². The van der Waals surface area contributed by atoms with Crippen LogP contribution in [0.15, 0.2) is 35.7 Å². The van der Waals surface area contributed by atoms with E-state index in [-0.39, 0.29) is 17.5 Å². The van der Waals surface area contributed by atoms with Gasteiger partial charge in [0.1, 0.15) is 10.7 Å². The fraction of sp³-hybridized carbons (Fsp3) is 0.467. The number of rotatable bonds is 8. The molecule has 1 aliphatic rings. The minimum Gasteiger partial charge on any atom is -0.313 e. The van der Waals surface area contributed by atoms with Gasteiger partial charge in [0, 0.05) is 19.1 Å². The van der Waals surface area contributed by atoms with E-state index in [0.717, 1.165) is 24.9 Å². The van der Waals surface area contributed by atoms with E-state index in [1.807, 2.05) is 6.92 Å². The lowest BCUT2D eigenvalue weighted by molar-refractivity contribution is 0.431. The second-order valence-electron chi connectivity index (χ2n) is 5.14. The van der Waals surface area contributed by atoms with Gasteiger partial charge in [0.05, 0.1) is 0 Å². The van der Waals surface area contributed by atoms with Gasteiger partial charge in [-0.1, -0.05) is 19.1 Å². The minimum atomic E-state index is -3.82. The lowest BCUT2D eigenvalue weighted by Crippen LogP contribution is -2.34. The summed E-state index contributed by atoms with van der Waals surface area (Å²) >= 11 is 0. The SMILES string of the molecule is C=CCN(C1CC1)S(=O)(=O)c1cc(CNCC)ccc1F. The zero-order chi connectivity index (χ0) is 15.5. The highest BCUT2D eigenvalue weighted by molar-refractivity contribution is 7.89. The fourth-order valence-corrected chi connectivity index (χ4v) is 3.96. The molecule has 0 heterocycles. The van der Waals surface area contributed by atoms with Crippen molar-refractivity contribution >= 4 is 10.0 Å². The Bertz CT molecular complexity index is 612. The molecule has 116 valence electrons. The first kappa shape index (κ1) is 16.1. The normalized spacial score (nSPS) is 15.4. The first-order chi connectivity index (χ1) is 10.0. The summed E-state index contributed by atoms with van der Waals surface area (Å²) in [5.41, 5.74) is 0.756. The molecule has 0 unspecified atom stereocenters. The topological polar surface area (TPSA) is 49.4 Å². The lowest BCUT2D eigenvalue weighted by Gasteiger charge is -2.21. The third-order valence-corrected chi connectivity index (χ3v) is 5.36. The summed E-state index contributed by atoms with van der Waals surface area (Å²) in [6.45, 7) is 7.05. The maximum absolute atomic E-state index is 14.0. The van der Waals surface area contributed by atoms with Crippen LogP contribution in [0, 0.1) is 5.82 Å². The summed E-state index contributed by atoms with van der Waals surface area (Å²) in [6.07, 6.45) is 3.19. The number of halogens is 1. The zero-order valence-electron chi connectivity index (χ0n) is 12.2. The highest BCUT2D eigenvalue weighted by atomic mass is 32.2. The van der Waals surface area contributed by atoms with Crippen molar-refractivity contribution in [2.75, 3.05) is 13.1 Å². The molecular formula is C15H21FN2O2S. The van der Waals surface area contributed by atoms with Crippen molar-refractivity contribution in [3.8, 4) is 0 Å². The van der Waals surface area contributed by atoms with E-state index in [2.05, 4.69) is 11.9 Å². The molecule has 0 amide bonds. The summed E-state index contributed by atoms with van der Waals surface area (Å²) in [4.78, 5) is -0.244. The monoisotopic (exact) mass is 312 g/mol. The number of sulfonamides is 1. The molecule has 1 fully saturated rings. The molecular weight excluding hydrogens is 291 g/mol. The predicted octanol–water partition coefficient (Wildman–Crippen LogP) is 2.27. The van der Waals surface area contributed by atoms with E-state index in [1.54, 1.807) is 6.07 Å². The molecule has 1 aromatic rings. The maximum Gasteiger partial charge on any atom is 0.246 e. The Hall–Kier alpha value is -1.24. The van der Waals surface area contributed by atoms with Gasteiger partial charge in [0.2, 0.25) is 10.0 Å². The molecule has 0 atom stereocenters. The van der Waals surface area contributed by atoms with Crippen LogP contribution in [0.4, 0.5) is 4.39 Å². The Morgan fingerprint density at radius 1 is 1.48 bits per heavy atom. The third kappa shape index (κ3) is 3.70. The number of nitrogens with one attached hydrogen (secondary N) is 1. The van der Waals surface area contributed by atoms with Crippen LogP contribution in [0.2, 0.25) is 0 Å². The first-order valence-corrected chi connectivity index (χ1v) is 8.56. The standard InChI is InChI=1S/C15H21FN2O2S/c1-3-9-18(13-6-7-13)21(19,20)15-10-12(11-17-4-2)5-8-14(15)16/h3,5,8,10,13,17H,1,4,6-7,9,11H2,2H3. The first-order valence-electron chi connectivity index (χ1n) is 7.12. The van der Waals surface area contributed by atoms with Gasteiger partial charge in [0.15, 0.2) is 0 Å². The molecule has 0 aliphatic heterocycles. The smallest absolute Gasteiger partial charge is 0.246 e. The van der Waals surface area contributed by atoms with Crippen LogP contribution in [0.5, 0.6) is 0 Å². The van der Waals surface area contributed by atoms with Crippen molar-refractivity contribution in [3.63, 3.8) is 0 Å². The van der Waals surface area contributed by atoms with Crippen LogP contribution in [0.1, 0.15) is 25.3 Å². The molecule has 4 nitrogen and oxygen atoms in total. The molecule has 1 aromatic carbocycles. The average molecular weight is 312 g/mol. The van der Waals surface area contributed by atoms with E-state index in [4.69, 9.17) is 0 Å². The Kier molecular flexibility index (Phi) is 5.13. The van der Waals surface area contributed by atoms with Gasteiger partial charge in [-0.05, 0) is 37.1 Å². The van der Waals surface area contributed by atoms with Crippen molar-refractivity contribution in [1.29, 1.82) is 0 Å². The second kappa shape index (κ2) is 6.68. The predicted molar refractivity (Wildman–Crippen MR) is 80.9 cm³/mol. The van der Waals surface area contributed by atoms with Gasteiger partial charge >= 0.3 is 0 Å². The molecule has 2 rings (SSSR count). The van der Waals surface area contributed by atoms with E-state index in [9.17, 15) is 12.8 Å². The highest BCUT2D eigenvalue weighted by Gasteiger charge is 2.38. The Balaban J connectivity index is 2.35. The summed E-state index contributed by atoms with van der Waals surface area (Å²) in [7, 11) is -3.82. The summed E-state index contributed by atoms with van der Waals surface area (Å²) in [6, 6.07) is 4.22. The molecule has 0 bridgehead atoms. The molecule has 0 saturated heterocycles. The molecule has 0 radical (unpaired) electrons. The van der Waals surface area contributed by atoms with Crippen molar-refractivity contribution < 1.29 is 12.8 Å². The lowest BCUT2D eigenvalue weighted by atomic mass is 10.2. The van der Waals surface area contributed by atoms with E-state index < -0.39 is 15.8 Å². The van der Waals surface area contributed by atoms with Crippen LogP contribution < -0.4 is 5.32 Å². The minimum absolute atomic E-state index is 0.0233. The zero-order valence-corrected chi connectivity index (χ0v) is 13.0. The molecule has 1 aliphatic carbocycles. The van der Waals surface area contributed by atoms with Crippen molar-refractivity contribution in [2.45, 2.75) is 37.2 Å². The number of benzene rings is 1. The highest BCUT2D eigenvalue weighted by Crippen LogP contribution is 2.32. The van der Waals surface area contributed by atoms with Gasteiger partial charge in [-0.2, -0.15) is 4.31 Å². The van der Waals surface area contributed by atoms with Gasteiger partial charge in [-0.15, -0.1) is 6.58 Å². The van der Waals surface area contributed by atoms with Crippen LogP contribution in [-0.2, 0) is 16.6 Å². The molecule has 21 heavy (non-hydrogen) atoms. The molecule has 6 heteroatoms. The maximum atomic E-state index is 14.0. The molecule has 0 aromatic heterocycles. The Morgan fingerprint density at radius 3 is 2.76 bits per heavy atom. The number of hydrogen-bond acceptors (Lipinski definition) is 3. The van der Waals surface area contributed by atoms with Crippen molar-refractivity contribution in [3.05, 3.63) is 42.2 Å². The molecule has 1 saturated carbocycles. The van der Waals surface area contributed by atoms with Gasteiger partial charge in [-0.3, -0.25) is 0 Å². The summed E-state index contributed by atoms with van der Waals surface area (Å²) in [5.74, 6) is -0.704. The number of hydrogen-bond donors (Lipinski definition) is 1. The van der Waals surface area contributed by atoms with Crippen LogP contribution in [-0.4, -0.2) is 31.9 Å². The van der Waals surface area contributed by atoms with Crippen LogP contribution in [0.3, 0.4) is 0 Å². The van der Waals surface area contributed by atoms with Crippen molar-refractivity contribution in [1.82, 2.24) is 9.62 Å². The quantitative estimate of drug-likeness (QED) is 0.749. The molecule has 1 N–H and O–H groups in total. The van der Waals surface area contributed by atoms with E-state index >= 15 is 0 Å². The van der Waals surface area contributed by atoms with Crippen molar-refractivity contribution in [2.24, 2.45) is 0 Å².